The molecular weight excluding hydrogens is 154 g/mol. The van der Waals surface area contributed by atoms with Crippen molar-refractivity contribution in [2.24, 2.45) is 11.7 Å². The highest BCUT2D eigenvalue weighted by Crippen LogP contribution is 2.23. The van der Waals surface area contributed by atoms with E-state index in [1.165, 1.54) is 0 Å². The van der Waals surface area contributed by atoms with E-state index in [0.29, 0.717) is 5.82 Å². The van der Waals surface area contributed by atoms with Gasteiger partial charge in [-0.15, -0.1) is 0 Å². The second-order valence-electron chi connectivity index (χ2n) is 3.13. The van der Waals surface area contributed by atoms with Crippen molar-refractivity contribution in [2.75, 3.05) is 7.05 Å². The van der Waals surface area contributed by atoms with E-state index in [9.17, 15) is 4.79 Å². The maximum absolute atomic E-state index is 11.3. The van der Waals surface area contributed by atoms with Crippen molar-refractivity contribution in [1.29, 1.82) is 0 Å². The van der Waals surface area contributed by atoms with Crippen LogP contribution in [-0.2, 0) is 4.79 Å². The first-order valence-corrected chi connectivity index (χ1v) is 3.87. The molecule has 1 unspecified atom stereocenters. The third-order valence-corrected chi connectivity index (χ3v) is 2.29. The van der Waals surface area contributed by atoms with Gasteiger partial charge in [0.2, 0.25) is 5.91 Å². The third kappa shape index (κ3) is 0.879. The maximum atomic E-state index is 11.3. The average Bonchev–Trinajstić information content (AvgIpc) is 2.33. The van der Waals surface area contributed by atoms with Crippen molar-refractivity contribution < 1.29 is 4.79 Å². The molecule has 0 aromatic heterocycles. The van der Waals surface area contributed by atoms with Gasteiger partial charge in [-0.3, -0.25) is 4.79 Å². The molecule has 0 aromatic rings. The lowest BCUT2D eigenvalue weighted by atomic mass is 9.98. The van der Waals surface area contributed by atoms with Gasteiger partial charge in [0.1, 0.15) is 5.82 Å². The van der Waals surface area contributed by atoms with Crippen molar-refractivity contribution in [2.45, 2.75) is 6.04 Å². The first kappa shape index (κ1) is 7.21. The number of nitrogens with one attached hydrogen (secondary N) is 1. The molecule has 3 N–H and O–H groups in total. The molecule has 2 rings (SSSR count). The second-order valence-corrected chi connectivity index (χ2v) is 3.13. The van der Waals surface area contributed by atoms with Crippen molar-refractivity contribution in [3.8, 4) is 0 Å². The summed E-state index contributed by atoms with van der Waals surface area (Å²) in [6.07, 6.45) is 5.67. The van der Waals surface area contributed by atoms with Crippen LogP contribution in [0.3, 0.4) is 0 Å². The van der Waals surface area contributed by atoms with E-state index in [1.54, 1.807) is 0 Å². The number of hydrogen-bond acceptors (Lipinski definition) is 3. The maximum Gasteiger partial charge on any atom is 0.234 e. The van der Waals surface area contributed by atoms with Crippen LogP contribution in [0.5, 0.6) is 0 Å². The van der Waals surface area contributed by atoms with E-state index in [-0.39, 0.29) is 17.9 Å². The summed E-state index contributed by atoms with van der Waals surface area (Å²) in [5.74, 6) is 0.375. The summed E-state index contributed by atoms with van der Waals surface area (Å²) in [4.78, 5) is 13.3. The van der Waals surface area contributed by atoms with Crippen LogP contribution in [0.4, 0.5) is 0 Å². The van der Waals surface area contributed by atoms with Crippen LogP contribution in [0.1, 0.15) is 0 Å². The zero-order chi connectivity index (χ0) is 8.72. The molecule has 0 saturated carbocycles. The van der Waals surface area contributed by atoms with E-state index in [0.717, 1.165) is 0 Å². The molecule has 4 heteroatoms. The minimum atomic E-state index is -0.0673. The van der Waals surface area contributed by atoms with Crippen molar-refractivity contribution >= 4 is 5.91 Å². The average molecular weight is 165 g/mol. The SMILES string of the molecule is CN1C=CC2C(=O)NC(N)=C[C@@H]21. The molecule has 0 bridgehead atoms. The van der Waals surface area contributed by atoms with Gasteiger partial charge in [-0.1, -0.05) is 6.08 Å². The molecule has 1 amide bonds. The van der Waals surface area contributed by atoms with Gasteiger partial charge in [0.25, 0.3) is 0 Å². The first-order chi connectivity index (χ1) is 5.68. The summed E-state index contributed by atoms with van der Waals surface area (Å²) >= 11 is 0. The molecule has 2 atom stereocenters. The van der Waals surface area contributed by atoms with Crippen LogP contribution in [0.25, 0.3) is 0 Å². The number of carbonyl (C=O) groups is 1. The highest BCUT2D eigenvalue weighted by molar-refractivity contribution is 5.84. The molecule has 2 heterocycles. The van der Waals surface area contributed by atoms with E-state index >= 15 is 0 Å². The van der Waals surface area contributed by atoms with Gasteiger partial charge in [-0.25, -0.2) is 0 Å². The number of amides is 1. The zero-order valence-electron chi connectivity index (χ0n) is 6.82. The quantitative estimate of drug-likeness (QED) is 0.502. The Bertz CT molecular complexity index is 282. The van der Waals surface area contributed by atoms with Crippen LogP contribution < -0.4 is 11.1 Å². The predicted molar refractivity (Wildman–Crippen MR) is 44.6 cm³/mol. The fraction of sp³-hybridized carbons (Fsp3) is 0.375. The highest BCUT2D eigenvalue weighted by atomic mass is 16.2. The topological polar surface area (TPSA) is 58.4 Å². The lowest BCUT2D eigenvalue weighted by molar-refractivity contribution is -0.124. The lowest BCUT2D eigenvalue weighted by Crippen LogP contribution is -2.44. The number of rotatable bonds is 0. The number of likely N-dealkylation sites (N-methyl/N-ethyl adjacent to an activating group) is 1. The summed E-state index contributed by atoms with van der Waals surface area (Å²) in [5, 5.41) is 2.59. The molecule has 0 spiro atoms. The highest BCUT2D eigenvalue weighted by Gasteiger charge is 2.34. The summed E-state index contributed by atoms with van der Waals surface area (Å²) in [6, 6.07) is 0.110. The second kappa shape index (κ2) is 2.27. The largest absolute Gasteiger partial charge is 0.385 e. The van der Waals surface area contributed by atoms with Gasteiger partial charge < -0.3 is 16.0 Å². The van der Waals surface area contributed by atoms with Gasteiger partial charge in [-0.2, -0.15) is 0 Å². The van der Waals surface area contributed by atoms with E-state index < -0.39 is 0 Å². The van der Waals surface area contributed by atoms with Crippen molar-refractivity contribution in [3.63, 3.8) is 0 Å². The summed E-state index contributed by atoms with van der Waals surface area (Å²) in [5.41, 5.74) is 5.52. The number of nitrogens with two attached hydrogens (primary N) is 1. The van der Waals surface area contributed by atoms with E-state index in [2.05, 4.69) is 5.32 Å². The molecular formula is C8H11N3O. The third-order valence-electron chi connectivity index (χ3n) is 2.29. The van der Waals surface area contributed by atoms with Crippen molar-refractivity contribution in [1.82, 2.24) is 10.2 Å². The molecule has 4 nitrogen and oxygen atoms in total. The Labute approximate surface area is 70.7 Å². The first-order valence-electron chi connectivity index (χ1n) is 3.87. The summed E-state index contributed by atoms with van der Waals surface area (Å²) in [7, 11) is 1.93. The van der Waals surface area contributed by atoms with Gasteiger partial charge in [-0.05, 0) is 12.3 Å². The number of nitrogens with zero attached hydrogens (tertiary/aromatic N) is 1. The summed E-state index contributed by atoms with van der Waals surface area (Å²) < 4.78 is 0. The van der Waals surface area contributed by atoms with Crippen LogP contribution >= 0.6 is 0 Å². The van der Waals surface area contributed by atoms with Crippen LogP contribution in [0.2, 0.25) is 0 Å². The Hall–Kier alpha value is -1.45. The Morgan fingerprint density at radius 1 is 1.67 bits per heavy atom. The molecule has 0 saturated heterocycles. The van der Waals surface area contributed by atoms with Crippen LogP contribution in [0.15, 0.2) is 24.2 Å². The monoisotopic (exact) mass is 165 g/mol. The van der Waals surface area contributed by atoms with Crippen molar-refractivity contribution in [3.05, 3.63) is 24.2 Å². The zero-order valence-corrected chi connectivity index (χ0v) is 6.82. The molecule has 0 aliphatic carbocycles. The summed E-state index contributed by atoms with van der Waals surface area (Å²) in [6.45, 7) is 0. The molecule has 64 valence electrons. The Kier molecular flexibility index (Phi) is 1.36. The Morgan fingerprint density at radius 3 is 3.17 bits per heavy atom. The number of fused-ring (bicyclic) bond motifs is 1. The molecule has 0 fully saturated rings. The number of carbonyl (C=O) groups excluding carboxylic acids is 1. The van der Waals surface area contributed by atoms with Gasteiger partial charge in [0.15, 0.2) is 0 Å². The van der Waals surface area contributed by atoms with E-state index in [1.807, 2.05) is 30.3 Å². The molecule has 2 aliphatic rings. The smallest absolute Gasteiger partial charge is 0.234 e. The molecule has 0 radical (unpaired) electrons. The fourth-order valence-electron chi connectivity index (χ4n) is 1.61. The van der Waals surface area contributed by atoms with Gasteiger partial charge in [0.05, 0.1) is 12.0 Å². The number of hydrogen-bond donors (Lipinski definition) is 2. The minimum Gasteiger partial charge on any atom is -0.385 e. The molecule has 2 aliphatic heterocycles. The minimum absolute atomic E-state index is 0.0133. The Morgan fingerprint density at radius 2 is 2.42 bits per heavy atom. The predicted octanol–water partition coefficient (Wildman–Crippen LogP) is -0.640. The van der Waals surface area contributed by atoms with Gasteiger partial charge in [0, 0.05) is 7.05 Å². The van der Waals surface area contributed by atoms with Gasteiger partial charge >= 0.3 is 0 Å². The Balaban J connectivity index is 2.32. The molecule has 0 aromatic carbocycles. The standard InChI is InChI=1S/C8H11N3O/c1-11-3-2-5-6(11)4-7(9)10-8(5)12/h2-6H,9H2,1H3,(H,10,12)/t5?,6-/m0/s1. The van der Waals surface area contributed by atoms with Crippen LogP contribution in [0, 0.1) is 5.92 Å². The fourth-order valence-corrected chi connectivity index (χ4v) is 1.61. The van der Waals surface area contributed by atoms with Crippen LogP contribution in [-0.4, -0.2) is 23.9 Å². The molecule has 12 heavy (non-hydrogen) atoms. The van der Waals surface area contributed by atoms with E-state index in [4.69, 9.17) is 5.73 Å². The normalized spacial score (nSPS) is 32.9. The lowest BCUT2D eigenvalue weighted by Gasteiger charge is -2.27.